The van der Waals surface area contributed by atoms with E-state index in [1.807, 2.05) is 0 Å². The van der Waals surface area contributed by atoms with E-state index in [2.05, 4.69) is 62.5 Å². The minimum atomic E-state index is -4.29. The Labute approximate surface area is 363 Å². The SMILES string of the molecule is CC/C=C\C/C=C\C/C=C\C/C=C\CCCCCCCCCCC(=O)OC(COC(=O)CCCCCCCCCCCCCCCCCCCC)COP(=O)(O)OCC. The van der Waals surface area contributed by atoms with E-state index in [-0.39, 0.29) is 25.6 Å². The summed E-state index contributed by atoms with van der Waals surface area (Å²) in [4.78, 5) is 34.9. The van der Waals surface area contributed by atoms with Crippen molar-refractivity contribution in [1.82, 2.24) is 0 Å². The third-order valence-corrected chi connectivity index (χ3v) is 11.5. The zero-order valence-corrected chi connectivity index (χ0v) is 39.3. The van der Waals surface area contributed by atoms with Gasteiger partial charge in [0.1, 0.15) is 6.61 Å². The molecule has 0 saturated heterocycles. The van der Waals surface area contributed by atoms with Crippen LogP contribution < -0.4 is 0 Å². The van der Waals surface area contributed by atoms with Gasteiger partial charge in [0.05, 0.1) is 13.2 Å². The van der Waals surface area contributed by atoms with E-state index >= 15 is 0 Å². The molecule has 0 aromatic carbocycles. The number of allylic oxidation sites excluding steroid dienone is 8. The van der Waals surface area contributed by atoms with Crippen LogP contribution in [0.15, 0.2) is 48.6 Å². The summed E-state index contributed by atoms with van der Waals surface area (Å²) in [5.74, 6) is -0.799. The molecule has 0 aromatic heterocycles. The first kappa shape index (κ1) is 57.0. The molecule has 0 radical (unpaired) electrons. The first-order valence-electron chi connectivity index (χ1n) is 24.4. The minimum Gasteiger partial charge on any atom is -0.462 e. The summed E-state index contributed by atoms with van der Waals surface area (Å²) in [7, 11) is -4.29. The summed E-state index contributed by atoms with van der Waals surface area (Å²) in [5, 5.41) is 0. The zero-order chi connectivity index (χ0) is 43.2. The Bertz CT molecular complexity index is 1100. The maximum absolute atomic E-state index is 12.6. The second-order valence-corrected chi connectivity index (χ2v) is 17.6. The fraction of sp³-hybridized carbons (Fsp3) is 0.800. The predicted octanol–water partition coefficient (Wildman–Crippen LogP) is 15.7. The average Bonchev–Trinajstić information content (AvgIpc) is 3.22. The van der Waals surface area contributed by atoms with Crippen molar-refractivity contribution < 1.29 is 37.6 Å². The second-order valence-electron chi connectivity index (χ2n) is 16.1. The van der Waals surface area contributed by atoms with Gasteiger partial charge in [-0.3, -0.25) is 18.6 Å². The molecule has 0 saturated carbocycles. The second kappa shape index (κ2) is 45.5. The van der Waals surface area contributed by atoms with Crippen LogP contribution in [0.25, 0.3) is 0 Å². The molecule has 0 aliphatic heterocycles. The number of hydrogen-bond acceptors (Lipinski definition) is 7. The Kier molecular flexibility index (Phi) is 44.0. The first-order chi connectivity index (χ1) is 28.8. The normalized spacial score (nSPS) is 13.6. The van der Waals surface area contributed by atoms with Crippen molar-refractivity contribution in [2.24, 2.45) is 0 Å². The maximum atomic E-state index is 12.6. The molecule has 0 aliphatic carbocycles. The molecule has 0 spiro atoms. The van der Waals surface area contributed by atoms with Gasteiger partial charge in [-0.1, -0.05) is 210 Å². The molecule has 0 fully saturated rings. The van der Waals surface area contributed by atoms with Crippen molar-refractivity contribution in [1.29, 1.82) is 0 Å². The van der Waals surface area contributed by atoms with Gasteiger partial charge in [0.25, 0.3) is 0 Å². The van der Waals surface area contributed by atoms with Gasteiger partial charge >= 0.3 is 19.8 Å². The molecular formula is C50H91O8P. The van der Waals surface area contributed by atoms with Crippen LogP contribution in [0.2, 0.25) is 0 Å². The molecule has 8 nitrogen and oxygen atoms in total. The van der Waals surface area contributed by atoms with E-state index < -0.39 is 26.5 Å². The van der Waals surface area contributed by atoms with E-state index in [1.165, 1.54) is 122 Å². The third kappa shape index (κ3) is 45.4. The number of phosphoric acid groups is 1. The third-order valence-electron chi connectivity index (χ3n) is 10.4. The summed E-state index contributed by atoms with van der Waals surface area (Å²) in [6.07, 6.45) is 54.5. The first-order valence-corrected chi connectivity index (χ1v) is 25.9. The summed E-state index contributed by atoms with van der Waals surface area (Å²) >= 11 is 0. The highest BCUT2D eigenvalue weighted by atomic mass is 31.2. The van der Waals surface area contributed by atoms with Gasteiger partial charge in [0.2, 0.25) is 0 Å². The van der Waals surface area contributed by atoms with E-state index in [9.17, 15) is 19.0 Å². The zero-order valence-electron chi connectivity index (χ0n) is 38.4. The molecule has 0 bridgehead atoms. The summed E-state index contributed by atoms with van der Waals surface area (Å²) in [6, 6.07) is 0. The number of rotatable bonds is 45. The Morgan fingerprint density at radius 3 is 1.31 bits per heavy atom. The molecule has 0 amide bonds. The summed E-state index contributed by atoms with van der Waals surface area (Å²) < 4.78 is 32.8. The Morgan fingerprint density at radius 1 is 0.475 bits per heavy atom. The molecular weight excluding hydrogens is 760 g/mol. The summed E-state index contributed by atoms with van der Waals surface area (Å²) in [5.41, 5.74) is 0. The molecule has 9 heteroatoms. The lowest BCUT2D eigenvalue weighted by Crippen LogP contribution is -2.29. The monoisotopic (exact) mass is 851 g/mol. The lowest BCUT2D eigenvalue weighted by Gasteiger charge is -2.19. The lowest BCUT2D eigenvalue weighted by atomic mass is 10.0. The highest BCUT2D eigenvalue weighted by Gasteiger charge is 2.25. The van der Waals surface area contributed by atoms with Gasteiger partial charge in [0.15, 0.2) is 6.10 Å². The number of hydrogen-bond donors (Lipinski definition) is 1. The minimum absolute atomic E-state index is 0.00134. The molecule has 0 heterocycles. The predicted molar refractivity (Wildman–Crippen MR) is 249 cm³/mol. The molecule has 0 aliphatic rings. The number of unbranched alkanes of at least 4 members (excludes halogenated alkanes) is 25. The van der Waals surface area contributed by atoms with Gasteiger partial charge in [-0.25, -0.2) is 4.57 Å². The molecule has 2 unspecified atom stereocenters. The topological polar surface area (TPSA) is 108 Å². The number of ether oxygens (including phenoxy) is 2. The van der Waals surface area contributed by atoms with E-state index in [4.69, 9.17) is 18.5 Å². The summed E-state index contributed by atoms with van der Waals surface area (Å²) in [6.45, 7) is 5.39. The largest absolute Gasteiger partial charge is 0.472 e. The molecule has 2 atom stereocenters. The van der Waals surface area contributed by atoms with Gasteiger partial charge in [-0.2, -0.15) is 0 Å². The van der Waals surface area contributed by atoms with Gasteiger partial charge in [-0.15, -0.1) is 0 Å². The lowest BCUT2D eigenvalue weighted by molar-refractivity contribution is -0.161. The average molecular weight is 851 g/mol. The van der Waals surface area contributed by atoms with Crippen LogP contribution in [0, 0.1) is 0 Å². The van der Waals surface area contributed by atoms with Crippen molar-refractivity contribution >= 4 is 19.8 Å². The molecule has 0 aromatic rings. The van der Waals surface area contributed by atoms with Crippen LogP contribution in [0.3, 0.4) is 0 Å². The smallest absolute Gasteiger partial charge is 0.462 e. The quantitative estimate of drug-likeness (QED) is 0.0279. The highest BCUT2D eigenvalue weighted by molar-refractivity contribution is 7.47. The maximum Gasteiger partial charge on any atom is 0.472 e. The number of esters is 2. The molecule has 59 heavy (non-hydrogen) atoms. The number of carbonyl (C=O) groups excluding carboxylic acids is 2. The van der Waals surface area contributed by atoms with E-state index in [0.29, 0.717) is 12.8 Å². The van der Waals surface area contributed by atoms with Crippen molar-refractivity contribution in [2.45, 2.75) is 239 Å². The van der Waals surface area contributed by atoms with Gasteiger partial charge < -0.3 is 14.4 Å². The highest BCUT2D eigenvalue weighted by Crippen LogP contribution is 2.43. The van der Waals surface area contributed by atoms with Crippen LogP contribution in [0.4, 0.5) is 0 Å². The van der Waals surface area contributed by atoms with Crippen molar-refractivity contribution in [2.75, 3.05) is 19.8 Å². The Morgan fingerprint density at radius 2 is 0.864 bits per heavy atom. The van der Waals surface area contributed by atoms with E-state index in [0.717, 1.165) is 70.6 Å². The van der Waals surface area contributed by atoms with Crippen LogP contribution in [0.5, 0.6) is 0 Å². The fourth-order valence-corrected chi connectivity index (χ4v) is 7.61. The van der Waals surface area contributed by atoms with Crippen molar-refractivity contribution in [3.8, 4) is 0 Å². The van der Waals surface area contributed by atoms with Gasteiger partial charge in [-0.05, 0) is 58.3 Å². The van der Waals surface area contributed by atoms with Crippen LogP contribution in [-0.2, 0) is 32.7 Å². The number of phosphoric ester groups is 1. The Hall–Kier alpha value is -1.99. The number of carbonyl (C=O) groups is 2. The molecule has 1 N–H and O–H groups in total. The van der Waals surface area contributed by atoms with Crippen LogP contribution in [-0.4, -0.2) is 42.8 Å². The van der Waals surface area contributed by atoms with Gasteiger partial charge in [0, 0.05) is 12.8 Å². The van der Waals surface area contributed by atoms with Crippen molar-refractivity contribution in [3.05, 3.63) is 48.6 Å². The molecule has 344 valence electrons. The standard InChI is InChI=1S/C50H91O8P/c1-4-7-9-11-13-15-17-19-21-23-25-26-27-29-31-33-35-37-39-41-43-45-50(52)58-48(47-57-59(53,54)56-6-3)46-55-49(51)44-42-40-38-36-34-32-30-28-24-22-20-18-16-14-12-10-8-5-2/h7,9,13,15,19,21,25-26,48H,4-6,8,10-12,14,16-18,20,22-24,27-47H2,1-3H3,(H,53,54)/b9-7-,15-13-,21-19-,26-25-. The van der Waals surface area contributed by atoms with E-state index in [1.54, 1.807) is 6.92 Å². The van der Waals surface area contributed by atoms with Crippen molar-refractivity contribution in [3.63, 3.8) is 0 Å². The molecule has 0 rings (SSSR count). The fourth-order valence-electron chi connectivity index (χ4n) is 6.86. The Balaban J connectivity index is 4.01. The van der Waals surface area contributed by atoms with Crippen LogP contribution >= 0.6 is 7.82 Å². The van der Waals surface area contributed by atoms with Crippen LogP contribution in [0.1, 0.15) is 233 Å².